The van der Waals surface area contributed by atoms with Gasteiger partial charge in [-0.2, -0.15) is 0 Å². The first-order valence-electron chi connectivity index (χ1n) is 5.98. The number of nitrogens with two attached hydrogens (primary N) is 1. The van der Waals surface area contributed by atoms with Crippen LogP contribution in [0.3, 0.4) is 0 Å². The summed E-state index contributed by atoms with van der Waals surface area (Å²) in [6.45, 7) is 5.91. The zero-order valence-corrected chi connectivity index (χ0v) is 10.5. The summed E-state index contributed by atoms with van der Waals surface area (Å²) < 4.78 is 0. The van der Waals surface area contributed by atoms with Gasteiger partial charge in [0.15, 0.2) is 0 Å². The molecule has 0 aliphatic rings. The van der Waals surface area contributed by atoms with Crippen molar-refractivity contribution in [3.05, 3.63) is 30.1 Å². The van der Waals surface area contributed by atoms with Gasteiger partial charge in [-0.25, -0.2) is 4.98 Å². The van der Waals surface area contributed by atoms with Gasteiger partial charge in [0.1, 0.15) is 0 Å². The van der Waals surface area contributed by atoms with Crippen LogP contribution in [-0.4, -0.2) is 22.1 Å². The number of nitrogens with zero attached hydrogens (tertiary/aromatic N) is 1. The SMILES string of the molecule is CC(C)(CCN)NCc1ccc2nc[nH]c2c1. The molecule has 1 heterocycles. The number of nitrogens with one attached hydrogen (secondary N) is 2. The van der Waals surface area contributed by atoms with Crippen LogP contribution < -0.4 is 11.1 Å². The molecule has 0 aliphatic carbocycles. The van der Waals surface area contributed by atoms with Crippen LogP contribution in [0.2, 0.25) is 0 Å². The van der Waals surface area contributed by atoms with Crippen LogP contribution >= 0.6 is 0 Å². The lowest BCUT2D eigenvalue weighted by Gasteiger charge is -2.25. The fourth-order valence-corrected chi connectivity index (χ4v) is 1.88. The number of aromatic amines is 1. The van der Waals surface area contributed by atoms with Crippen LogP contribution in [0.1, 0.15) is 25.8 Å². The van der Waals surface area contributed by atoms with E-state index in [4.69, 9.17) is 5.73 Å². The Kier molecular flexibility index (Phi) is 3.45. The third-order valence-electron chi connectivity index (χ3n) is 3.03. The van der Waals surface area contributed by atoms with E-state index in [0.29, 0.717) is 6.54 Å². The predicted molar refractivity (Wildman–Crippen MR) is 70.7 cm³/mol. The van der Waals surface area contributed by atoms with Gasteiger partial charge in [0, 0.05) is 12.1 Å². The molecule has 0 spiro atoms. The number of aromatic nitrogens is 2. The Bertz CT molecular complexity index is 487. The van der Waals surface area contributed by atoms with Crippen molar-refractivity contribution in [2.24, 2.45) is 5.73 Å². The van der Waals surface area contributed by atoms with Crippen molar-refractivity contribution in [2.75, 3.05) is 6.54 Å². The summed E-state index contributed by atoms with van der Waals surface area (Å²) in [4.78, 5) is 7.33. The number of benzene rings is 1. The van der Waals surface area contributed by atoms with Crippen molar-refractivity contribution < 1.29 is 0 Å². The first-order chi connectivity index (χ1) is 8.11. The molecular formula is C13H20N4. The van der Waals surface area contributed by atoms with Gasteiger partial charge in [0.2, 0.25) is 0 Å². The van der Waals surface area contributed by atoms with Crippen molar-refractivity contribution in [3.63, 3.8) is 0 Å². The first kappa shape index (κ1) is 12.1. The lowest BCUT2D eigenvalue weighted by Crippen LogP contribution is -2.40. The van der Waals surface area contributed by atoms with E-state index in [1.807, 2.05) is 6.07 Å². The monoisotopic (exact) mass is 232 g/mol. The molecule has 0 fully saturated rings. The van der Waals surface area contributed by atoms with Crippen LogP contribution in [-0.2, 0) is 6.54 Å². The van der Waals surface area contributed by atoms with E-state index in [9.17, 15) is 0 Å². The number of fused-ring (bicyclic) bond motifs is 1. The normalized spacial score (nSPS) is 12.2. The second-order valence-electron chi connectivity index (χ2n) is 5.03. The highest BCUT2D eigenvalue weighted by Crippen LogP contribution is 2.13. The zero-order valence-electron chi connectivity index (χ0n) is 10.5. The molecule has 0 bridgehead atoms. The van der Waals surface area contributed by atoms with Crippen LogP contribution in [0.4, 0.5) is 0 Å². The van der Waals surface area contributed by atoms with Crippen molar-refractivity contribution in [2.45, 2.75) is 32.4 Å². The van der Waals surface area contributed by atoms with E-state index < -0.39 is 0 Å². The molecule has 0 atom stereocenters. The second kappa shape index (κ2) is 4.85. The van der Waals surface area contributed by atoms with E-state index in [-0.39, 0.29) is 5.54 Å². The van der Waals surface area contributed by atoms with Gasteiger partial charge < -0.3 is 16.0 Å². The Morgan fingerprint density at radius 1 is 1.41 bits per heavy atom. The number of imidazole rings is 1. The minimum Gasteiger partial charge on any atom is -0.345 e. The maximum atomic E-state index is 5.59. The predicted octanol–water partition coefficient (Wildman–Crippen LogP) is 1.78. The van der Waals surface area contributed by atoms with Gasteiger partial charge in [-0.3, -0.25) is 0 Å². The number of rotatable bonds is 5. The highest BCUT2D eigenvalue weighted by atomic mass is 15.0. The summed E-state index contributed by atoms with van der Waals surface area (Å²) in [6, 6.07) is 6.28. The first-order valence-corrected chi connectivity index (χ1v) is 5.98. The molecule has 1 aromatic heterocycles. The average molecular weight is 232 g/mol. The summed E-state index contributed by atoms with van der Waals surface area (Å²) in [7, 11) is 0. The quantitative estimate of drug-likeness (QED) is 0.736. The topological polar surface area (TPSA) is 66.7 Å². The Morgan fingerprint density at radius 2 is 2.24 bits per heavy atom. The van der Waals surface area contributed by atoms with Gasteiger partial charge in [0.05, 0.1) is 17.4 Å². The van der Waals surface area contributed by atoms with Crippen molar-refractivity contribution in [1.82, 2.24) is 15.3 Å². The third kappa shape index (κ3) is 3.05. The summed E-state index contributed by atoms with van der Waals surface area (Å²) in [5.41, 5.74) is 9.02. The zero-order chi connectivity index (χ0) is 12.3. The second-order valence-corrected chi connectivity index (χ2v) is 5.03. The van der Waals surface area contributed by atoms with Crippen molar-refractivity contribution >= 4 is 11.0 Å². The lowest BCUT2D eigenvalue weighted by molar-refractivity contribution is 0.365. The molecule has 0 saturated carbocycles. The molecule has 92 valence electrons. The molecule has 1 aromatic carbocycles. The maximum Gasteiger partial charge on any atom is 0.0931 e. The molecule has 0 aliphatic heterocycles. The molecule has 0 radical (unpaired) electrons. The standard InChI is InChI=1S/C13H20N4/c1-13(2,5-6-14)17-8-10-3-4-11-12(7-10)16-9-15-11/h3-4,7,9,17H,5-6,8,14H2,1-2H3,(H,15,16). The van der Waals surface area contributed by atoms with Crippen LogP contribution in [0, 0.1) is 0 Å². The smallest absolute Gasteiger partial charge is 0.0931 e. The Morgan fingerprint density at radius 3 is 3.00 bits per heavy atom. The molecule has 0 unspecified atom stereocenters. The molecule has 4 heteroatoms. The fraction of sp³-hybridized carbons (Fsp3) is 0.462. The van der Waals surface area contributed by atoms with Crippen molar-refractivity contribution in [1.29, 1.82) is 0 Å². The van der Waals surface area contributed by atoms with E-state index >= 15 is 0 Å². The van der Waals surface area contributed by atoms with E-state index in [1.54, 1.807) is 6.33 Å². The summed E-state index contributed by atoms with van der Waals surface area (Å²) >= 11 is 0. The minimum atomic E-state index is 0.0810. The van der Waals surface area contributed by atoms with Gasteiger partial charge in [-0.05, 0) is 44.5 Å². The highest BCUT2D eigenvalue weighted by Gasteiger charge is 2.15. The average Bonchev–Trinajstić information content (AvgIpc) is 2.73. The molecule has 4 nitrogen and oxygen atoms in total. The van der Waals surface area contributed by atoms with Gasteiger partial charge in [0.25, 0.3) is 0 Å². The third-order valence-corrected chi connectivity index (χ3v) is 3.03. The fourth-order valence-electron chi connectivity index (χ4n) is 1.88. The molecule has 0 amide bonds. The summed E-state index contributed by atoms with van der Waals surface area (Å²) in [5, 5.41) is 3.52. The Hall–Kier alpha value is -1.39. The molecule has 17 heavy (non-hydrogen) atoms. The van der Waals surface area contributed by atoms with Gasteiger partial charge >= 0.3 is 0 Å². The molecule has 0 saturated heterocycles. The largest absolute Gasteiger partial charge is 0.345 e. The minimum absolute atomic E-state index is 0.0810. The number of H-pyrrole nitrogens is 1. The van der Waals surface area contributed by atoms with E-state index in [0.717, 1.165) is 24.0 Å². The van der Waals surface area contributed by atoms with Crippen molar-refractivity contribution in [3.8, 4) is 0 Å². The molecule has 2 aromatic rings. The highest BCUT2D eigenvalue weighted by molar-refractivity contribution is 5.74. The summed E-state index contributed by atoms with van der Waals surface area (Å²) in [5.74, 6) is 0. The Balaban J connectivity index is 2.03. The summed E-state index contributed by atoms with van der Waals surface area (Å²) in [6.07, 6.45) is 2.69. The van der Waals surface area contributed by atoms with Crippen LogP contribution in [0.5, 0.6) is 0 Å². The number of hydrogen-bond acceptors (Lipinski definition) is 3. The molecule has 4 N–H and O–H groups in total. The van der Waals surface area contributed by atoms with Crippen LogP contribution in [0.25, 0.3) is 11.0 Å². The van der Waals surface area contributed by atoms with Gasteiger partial charge in [-0.15, -0.1) is 0 Å². The van der Waals surface area contributed by atoms with E-state index in [1.165, 1.54) is 5.56 Å². The Labute approximate surface area is 102 Å². The molecule has 2 rings (SSSR count). The maximum absolute atomic E-state index is 5.59. The number of hydrogen-bond donors (Lipinski definition) is 3. The van der Waals surface area contributed by atoms with Gasteiger partial charge in [-0.1, -0.05) is 6.07 Å². The molecular weight excluding hydrogens is 212 g/mol. The van der Waals surface area contributed by atoms with Crippen LogP contribution in [0.15, 0.2) is 24.5 Å². The lowest BCUT2D eigenvalue weighted by atomic mass is 10.0. The van der Waals surface area contributed by atoms with E-state index in [2.05, 4.69) is 41.3 Å².